The van der Waals surface area contributed by atoms with Crippen LogP contribution < -0.4 is 10.9 Å². The molecule has 2 N–H and O–H groups in total. The van der Waals surface area contributed by atoms with E-state index in [-0.39, 0.29) is 23.7 Å². The van der Waals surface area contributed by atoms with Crippen molar-refractivity contribution in [3.63, 3.8) is 0 Å². The van der Waals surface area contributed by atoms with Crippen LogP contribution in [0.2, 0.25) is 0 Å². The van der Waals surface area contributed by atoms with Crippen LogP contribution in [0.3, 0.4) is 0 Å². The molecule has 0 radical (unpaired) electrons. The zero-order chi connectivity index (χ0) is 20.3. The number of hydrogen-bond donors (Lipinski definition) is 2. The predicted molar refractivity (Wildman–Crippen MR) is 103 cm³/mol. The molecule has 0 saturated carbocycles. The number of carbonyl (C=O) groups excluding carboxylic acids is 1. The molecule has 150 valence electrons. The topological polar surface area (TPSA) is 111 Å². The number of fused-ring (bicyclic) bond motifs is 1. The highest BCUT2D eigenvalue weighted by Gasteiger charge is 2.40. The Balaban J connectivity index is 1.93. The Morgan fingerprint density at radius 2 is 1.89 bits per heavy atom. The summed E-state index contributed by atoms with van der Waals surface area (Å²) in [6, 6.07) is 6.83. The molecule has 0 aliphatic carbocycles. The van der Waals surface area contributed by atoms with Gasteiger partial charge in [0.25, 0.3) is 11.5 Å². The number of nitrogens with one attached hydrogen (secondary N) is 1. The number of carboxylic acids is 1. The van der Waals surface area contributed by atoms with Crippen LogP contribution in [0.15, 0.2) is 29.1 Å². The summed E-state index contributed by atoms with van der Waals surface area (Å²) in [5.41, 5.74) is -1.16. The van der Waals surface area contributed by atoms with Gasteiger partial charge in [-0.2, -0.15) is 5.10 Å². The molecule has 1 aromatic carbocycles. The van der Waals surface area contributed by atoms with Crippen molar-refractivity contribution in [1.29, 1.82) is 0 Å². The van der Waals surface area contributed by atoms with Gasteiger partial charge in [0, 0.05) is 31.7 Å². The Bertz CT molecular complexity index is 944. The highest BCUT2D eigenvalue weighted by Crippen LogP contribution is 2.30. The Morgan fingerprint density at radius 3 is 2.50 bits per heavy atom. The number of carboxylic acid groups (broad SMARTS) is 1. The largest absolute Gasteiger partial charge is 0.481 e. The lowest BCUT2D eigenvalue weighted by atomic mass is 9.80. The first-order chi connectivity index (χ1) is 13.3. The van der Waals surface area contributed by atoms with Crippen LogP contribution in [-0.4, -0.2) is 46.5 Å². The first-order valence-corrected chi connectivity index (χ1v) is 9.43. The second kappa shape index (κ2) is 8.10. The molecule has 1 saturated heterocycles. The van der Waals surface area contributed by atoms with Crippen molar-refractivity contribution in [2.75, 3.05) is 19.8 Å². The van der Waals surface area contributed by atoms with Crippen molar-refractivity contribution >= 4 is 22.6 Å². The Hall–Kier alpha value is -2.74. The summed E-state index contributed by atoms with van der Waals surface area (Å²) in [6.45, 7) is 5.01. The van der Waals surface area contributed by atoms with E-state index in [0.717, 1.165) is 0 Å². The molecular formula is C20H25N3O5. The van der Waals surface area contributed by atoms with E-state index in [1.165, 1.54) is 4.68 Å². The van der Waals surface area contributed by atoms with Gasteiger partial charge >= 0.3 is 5.97 Å². The third-order valence-electron chi connectivity index (χ3n) is 5.11. The van der Waals surface area contributed by atoms with Crippen LogP contribution in [-0.2, 0) is 16.1 Å². The summed E-state index contributed by atoms with van der Waals surface area (Å²) in [5.74, 6) is -1.25. The van der Waals surface area contributed by atoms with E-state index in [9.17, 15) is 19.5 Å². The summed E-state index contributed by atoms with van der Waals surface area (Å²) in [4.78, 5) is 37.4. The van der Waals surface area contributed by atoms with Crippen molar-refractivity contribution in [1.82, 2.24) is 15.1 Å². The van der Waals surface area contributed by atoms with Crippen LogP contribution >= 0.6 is 0 Å². The van der Waals surface area contributed by atoms with Crippen LogP contribution in [0, 0.1) is 11.3 Å². The summed E-state index contributed by atoms with van der Waals surface area (Å²) < 4.78 is 6.57. The molecule has 2 aromatic rings. The Morgan fingerprint density at radius 1 is 1.25 bits per heavy atom. The molecule has 2 heterocycles. The minimum atomic E-state index is -1.05. The number of aromatic nitrogens is 2. The maximum atomic E-state index is 12.9. The van der Waals surface area contributed by atoms with E-state index in [2.05, 4.69) is 10.4 Å². The van der Waals surface area contributed by atoms with E-state index in [1.54, 1.807) is 24.3 Å². The molecule has 1 aromatic heterocycles. The number of ether oxygens (including phenoxy) is 1. The Kier molecular flexibility index (Phi) is 5.79. The van der Waals surface area contributed by atoms with Crippen molar-refractivity contribution in [2.45, 2.75) is 33.2 Å². The van der Waals surface area contributed by atoms with Gasteiger partial charge in [0.1, 0.15) is 0 Å². The van der Waals surface area contributed by atoms with Crippen molar-refractivity contribution < 1.29 is 19.4 Å². The Labute approximate surface area is 162 Å². The zero-order valence-corrected chi connectivity index (χ0v) is 16.1. The lowest BCUT2D eigenvalue weighted by Crippen LogP contribution is -2.47. The van der Waals surface area contributed by atoms with Gasteiger partial charge in [0.05, 0.1) is 10.8 Å². The van der Waals surface area contributed by atoms with E-state index in [4.69, 9.17) is 4.74 Å². The molecule has 0 bridgehead atoms. The number of aliphatic carboxylic acids is 1. The van der Waals surface area contributed by atoms with Crippen molar-refractivity contribution in [2.24, 2.45) is 11.3 Å². The van der Waals surface area contributed by atoms with Gasteiger partial charge in [-0.25, -0.2) is 4.68 Å². The van der Waals surface area contributed by atoms with Gasteiger partial charge in [0.2, 0.25) is 0 Å². The molecule has 1 aliphatic heterocycles. The summed E-state index contributed by atoms with van der Waals surface area (Å²) in [7, 11) is 0. The predicted octanol–water partition coefficient (Wildman–Crippen LogP) is 1.66. The zero-order valence-electron chi connectivity index (χ0n) is 16.1. The molecule has 1 amide bonds. The van der Waals surface area contributed by atoms with Gasteiger partial charge < -0.3 is 15.2 Å². The van der Waals surface area contributed by atoms with Gasteiger partial charge in [-0.15, -0.1) is 0 Å². The summed E-state index contributed by atoms with van der Waals surface area (Å²) >= 11 is 0. The van der Waals surface area contributed by atoms with Crippen molar-refractivity contribution in [3.05, 3.63) is 40.3 Å². The quantitative estimate of drug-likeness (QED) is 0.780. The SMILES string of the molecule is CC(C)Cn1nc(C(=O)NCC2(C(=O)O)CCOCC2)c2ccccc2c1=O. The lowest BCUT2D eigenvalue weighted by molar-refractivity contribution is -0.154. The molecule has 3 rings (SSSR count). The molecule has 1 fully saturated rings. The highest BCUT2D eigenvalue weighted by atomic mass is 16.5. The average Bonchev–Trinajstić information content (AvgIpc) is 2.68. The number of hydrogen-bond acceptors (Lipinski definition) is 5. The summed E-state index contributed by atoms with van der Waals surface area (Å²) in [6.07, 6.45) is 0.674. The molecule has 0 unspecified atom stereocenters. The third-order valence-corrected chi connectivity index (χ3v) is 5.11. The molecule has 8 heteroatoms. The standard InChI is InChI=1S/C20H25N3O5/c1-13(2)11-23-18(25)15-6-4-3-5-14(15)16(22-23)17(24)21-12-20(19(26)27)7-9-28-10-8-20/h3-6,13H,7-12H2,1-2H3,(H,21,24)(H,26,27). The first-order valence-electron chi connectivity index (χ1n) is 9.43. The number of rotatable bonds is 6. The lowest BCUT2D eigenvalue weighted by Gasteiger charge is -2.33. The maximum absolute atomic E-state index is 12.9. The monoisotopic (exact) mass is 387 g/mol. The minimum absolute atomic E-state index is 0.0101. The number of carbonyl (C=O) groups is 2. The van der Waals surface area contributed by atoms with Crippen molar-refractivity contribution in [3.8, 4) is 0 Å². The van der Waals surface area contributed by atoms with E-state index >= 15 is 0 Å². The molecule has 8 nitrogen and oxygen atoms in total. The second-order valence-electron chi connectivity index (χ2n) is 7.66. The van der Waals surface area contributed by atoms with E-state index < -0.39 is 17.3 Å². The fraction of sp³-hybridized carbons (Fsp3) is 0.500. The molecular weight excluding hydrogens is 362 g/mol. The fourth-order valence-electron chi connectivity index (χ4n) is 3.43. The summed E-state index contributed by atoms with van der Waals surface area (Å²) in [5, 5.41) is 17.6. The van der Waals surface area contributed by atoms with Crippen LogP contribution in [0.25, 0.3) is 10.8 Å². The average molecular weight is 387 g/mol. The number of benzene rings is 1. The third kappa shape index (κ3) is 3.91. The highest BCUT2D eigenvalue weighted by molar-refractivity contribution is 6.04. The molecule has 0 spiro atoms. The van der Waals surface area contributed by atoms with Gasteiger partial charge in [0.15, 0.2) is 5.69 Å². The number of nitrogens with zero attached hydrogens (tertiary/aromatic N) is 2. The van der Waals surface area contributed by atoms with E-state index in [1.807, 2.05) is 13.8 Å². The second-order valence-corrected chi connectivity index (χ2v) is 7.66. The fourth-order valence-corrected chi connectivity index (χ4v) is 3.43. The maximum Gasteiger partial charge on any atom is 0.311 e. The smallest absolute Gasteiger partial charge is 0.311 e. The van der Waals surface area contributed by atoms with Gasteiger partial charge in [-0.05, 0) is 24.8 Å². The molecule has 0 atom stereocenters. The van der Waals surface area contributed by atoms with E-state index in [0.29, 0.717) is 43.4 Å². The minimum Gasteiger partial charge on any atom is -0.481 e. The first kappa shape index (κ1) is 20.0. The molecule has 1 aliphatic rings. The normalized spacial score (nSPS) is 16.2. The van der Waals surface area contributed by atoms with Gasteiger partial charge in [-0.3, -0.25) is 14.4 Å². The van der Waals surface area contributed by atoms with Crippen LogP contribution in [0.1, 0.15) is 37.2 Å². The number of amides is 1. The molecule has 28 heavy (non-hydrogen) atoms. The van der Waals surface area contributed by atoms with Crippen LogP contribution in [0.4, 0.5) is 0 Å². The van der Waals surface area contributed by atoms with Gasteiger partial charge in [-0.1, -0.05) is 32.0 Å². The van der Waals surface area contributed by atoms with Crippen LogP contribution in [0.5, 0.6) is 0 Å².